The Morgan fingerprint density at radius 1 is 1.19 bits per heavy atom. The molecule has 21 heavy (non-hydrogen) atoms. The number of nitrogens with one attached hydrogen (secondary N) is 1. The Kier molecular flexibility index (Phi) is 3.65. The fourth-order valence-electron chi connectivity index (χ4n) is 5.56. The van der Waals surface area contributed by atoms with Gasteiger partial charge < -0.3 is 5.32 Å². The SMILES string of the molecule is O=C(NCCC12CC3CC(CC(C3)C1)C2)c1ccc(Br)s1. The van der Waals surface area contributed by atoms with Crippen LogP contribution in [0.4, 0.5) is 0 Å². The molecule has 1 aromatic rings. The molecule has 1 N–H and O–H groups in total. The van der Waals surface area contributed by atoms with E-state index in [9.17, 15) is 4.79 Å². The molecule has 4 heteroatoms. The number of hydrogen-bond acceptors (Lipinski definition) is 2. The molecule has 4 saturated carbocycles. The highest BCUT2D eigenvalue weighted by molar-refractivity contribution is 9.11. The Balaban J connectivity index is 1.34. The fourth-order valence-corrected chi connectivity index (χ4v) is 6.86. The van der Waals surface area contributed by atoms with Crippen LogP contribution in [0.2, 0.25) is 0 Å². The highest BCUT2D eigenvalue weighted by Crippen LogP contribution is 2.61. The molecule has 0 saturated heterocycles. The van der Waals surface area contributed by atoms with E-state index in [1.165, 1.54) is 56.3 Å². The average molecular weight is 368 g/mol. The van der Waals surface area contributed by atoms with Crippen LogP contribution in [0.15, 0.2) is 15.9 Å². The summed E-state index contributed by atoms with van der Waals surface area (Å²) in [6.07, 6.45) is 9.96. The number of amides is 1. The van der Waals surface area contributed by atoms with Gasteiger partial charge in [0.1, 0.15) is 0 Å². The molecule has 0 aliphatic heterocycles. The Labute approximate surface area is 138 Å². The first-order valence-corrected chi connectivity index (χ1v) is 9.76. The van der Waals surface area contributed by atoms with E-state index >= 15 is 0 Å². The average Bonchev–Trinajstić information content (AvgIpc) is 2.83. The zero-order valence-corrected chi connectivity index (χ0v) is 14.6. The first-order chi connectivity index (χ1) is 10.1. The van der Waals surface area contributed by atoms with E-state index in [0.29, 0.717) is 5.41 Å². The summed E-state index contributed by atoms with van der Waals surface area (Å²) in [4.78, 5) is 12.9. The predicted molar refractivity (Wildman–Crippen MR) is 89.6 cm³/mol. The molecule has 4 fully saturated rings. The summed E-state index contributed by atoms with van der Waals surface area (Å²) < 4.78 is 1.02. The molecule has 0 aromatic carbocycles. The van der Waals surface area contributed by atoms with Gasteiger partial charge in [-0.1, -0.05) is 0 Å². The number of carbonyl (C=O) groups is 1. The van der Waals surface area contributed by atoms with Crippen molar-refractivity contribution in [3.63, 3.8) is 0 Å². The lowest BCUT2D eigenvalue weighted by Gasteiger charge is -2.57. The van der Waals surface area contributed by atoms with Crippen LogP contribution in [-0.4, -0.2) is 12.5 Å². The third kappa shape index (κ3) is 2.81. The molecular formula is C17H22BrNOS. The van der Waals surface area contributed by atoms with Crippen molar-refractivity contribution in [2.24, 2.45) is 23.2 Å². The normalized spacial score (nSPS) is 36.9. The van der Waals surface area contributed by atoms with E-state index in [2.05, 4.69) is 21.2 Å². The van der Waals surface area contributed by atoms with Crippen LogP contribution < -0.4 is 5.32 Å². The van der Waals surface area contributed by atoms with Crippen molar-refractivity contribution in [3.05, 3.63) is 20.8 Å². The van der Waals surface area contributed by atoms with Crippen molar-refractivity contribution in [1.29, 1.82) is 0 Å². The third-order valence-electron chi connectivity index (χ3n) is 5.90. The molecule has 4 aliphatic carbocycles. The molecular weight excluding hydrogens is 346 g/mol. The van der Waals surface area contributed by atoms with Crippen LogP contribution in [0.5, 0.6) is 0 Å². The van der Waals surface area contributed by atoms with E-state index in [4.69, 9.17) is 0 Å². The maximum absolute atomic E-state index is 12.1. The van der Waals surface area contributed by atoms with Gasteiger partial charge in [-0.3, -0.25) is 4.79 Å². The molecule has 1 aromatic heterocycles. The molecule has 0 radical (unpaired) electrons. The highest BCUT2D eigenvalue weighted by Gasteiger charge is 2.50. The molecule has 2 nitrogen and oxygen atoms in total. The minimum absolute atomic E-state index is 0.0930. The van der Waals surface area contributed by atoms with Gasteiger partial charge in [-0.25, -0.2) is 0 Å². The van der Waals surface area contributed by atoms with E-state index in [-0.39, 0.29) is 5.91 Å². The Hall–Kier alpha value is -0.350. The van der Waals surface area contributed by atoms with Gasteiger partial charge in [-0.2, -0.15) is 0 Å². The van der Waals surface area contributed by atoms with Crippen molar-refractivity contribution >= 4 is 33.2 Å². The van der Waals surface area contributed by atoms with Crippen molar-refractivity contribution in [2.45, 2.75) is 44.9 Å². The summed E-state index contributed by atoms with van der Waals surface area (Å²) in [6, 6.07) is 3.84. The zero-order chi connectivity index (χ0) is 14.4. The van der Waals surface area contributed by atoms with Crippen LogP contribution in [0.3, 0.4) is 0 Å². The van der Waals surface area contributed by atoms with Crippen LogP contribution in [0.1, 0.15) is 54.6 Å². The number of halogens is 1. The summed E-state index contributed by atoms with van der Waals surface area (Å²) in [7, 11) is 0. The standard InChI is InChI=1S/C17H22BrNOS/c18-15-2-1-14(21-15)16(20)19-4-3-17-8-11-5-12(9-17)7-13(6-11)10-17/h1-2,11-13H,3-10H2,(H,19,20). The van der Waals surface area contributed by atoms with E-state index in [1.54, 1.807) is 0 Å². The van der Waals surface area contributed by atoms with Gasteiger partial charge in [0.15, 0.2) is 0 Å². The molecule has 5 rings (SSSR count). The van der Waals surface area contributed by atoms with Crippen molar-refractivity contribution in [1.82, 2.24) is 5.32 Å². The van der Waals surface area contributed by atoms with Crippen LogP contribution >= 0.6 is 27.3 Å². The summed E-state index contributed by atoms with van der Waals surface area (Å²) in [5.74, 6) is 3.09. The molecule has 4 bridgehead atoms. The van der Waals surface area contributed by atoms with Gasteiger partial charge in [0.2, 0.25) is 0 Å². The zero-order valence-electron chi connectivity index (χ0n) is 12.2. The van der Waals surface area contributed by atoms with Crippen LogP contribution in [0, 0.1) is 23.2 Å². The van der Waals surface area contributed by atoms with Gasteiger partial charge in [-0.15, -0.1) is 11.3 Å². The van der Waals surface area contributed by atoms with Crippen LogP contribution in [0.25, 0.3) is 0 Å². The minimum atomic E-state index is 0.0930. The Bertz CT molecular complexity index is 517. The summed E-state index contributed by atoms with van der Waals surface area (Å²) in [6.45, 7) is 0.848. The van der Waals surface area contributed by atoms with Crippen LogP contribution in [-0.2, 0) is 0 Å². The number of carbonyl (C=O) groups excluding carboxylic acids is 1. The molecule has 114 valence electrons. The maximum Gasteiger partial charge on any atom is 0.261 e. The van der Waals surface area contributed by atoms with Crippen molar-refractivity contribution < 1.29 is 4.79 Å². The van der Waals surface area contributed by atoms with E-state index in [0.717, 1.165) is 33.0 Å². The molecule has 1 heterocycles. The predicted octanol–water partition coefficient (Wildman–Crippen LogP) is 4.85. The fraction of sp³-hybridized carbons (Fsp3) is 0.706. The molecule has 4 aliphatic rings. The van der Waals surface area contributed by atoms with Crippen molar-refractivity contribution in [3.8, 4) is 0 Å². The number of hydrogen-bond donors (Lipinski definition) is 1. The molecule has 0 atom stereocenters. The number of rotatable bonds is 4. The molecule has 1 amide bonds. The Morgan fingerprint density at radius 2 is 1.81 bits per heavy atom. The number of thiophene rings is 1. The monoisotopic (exact) mass is 367 g/mol. The lowest BCUT2D eigenvalue weighted by atomic mass is 9.49. The molecule has 0 unspecified atom stereocenters. The lowest BCUT2D eigenvalue weighted by molar-refractivity contribution is -0.0564. The summed E-state index contributed by atoms with van der Waals surface area (Å²) in [5, 5.41) is 3.14. The second-order valence-corrected chi connectivity index (χ2v) is 9.99. The second-order valence-electron chi connectivity index (χ2n) is 7.53. The van der Waals surface area contributed by atoms with Gasteiger partial charge in [0.25, 0.3) is 5.91 Å². The van der Waals surface area contributed by atoms with Crippen molar-refractivity contribution in [2.75, 3.05) is 6.54 Å². The summed E-state index contributed by atoms with van der Waals surface area (Å²) in [5.41, 5.74) is 0.568. The van der Waals surface area contributed by atoms with Gasteiger partial charge in [0.05, 0.1) is 8.66 Å². The second kappa shape index (κ2) is 5.38. The first kappa shape index (κ1) is 14.3. The van der Waals surface area contributed by atoms with E-state index < -0.39 is 0 Å². The third-order valence-corrected chi connectivity index (χ3v) is 7.53. The molecule has 0 spiro atoms. The Morgan fingerprint density at radius 3 is 2.33 bits per heavy atom. The quantitative estimate of drug-likeness (QED) is 0.809. The first-order valence-electron chi connectivity index (χ1n) is 8.15. The topological polar surface area (TPSA) is 29.1 Å². The van der Waals surface area contributed by atoms with E-state index in [1.807, 2.05) is 12.1 Å². The lowest BCUT2D eigenvalue weighted by Crippen LogP contribution is -2.47. The summed E-state index contributed by atoms with van der Waals surface area (Å²) >= 11 is 4.93. The van der Waals surface area contributed by atoms with Gasteiger partial charge >= 0.3 is 0 Å². The smallest absolute Gasteiger partial charge is 0.261 e. The maximum atomic E-state index is 12.1. The minimum Gasteiger partial charge on any atom is -0.351 e. The van der Waals surface area contributed by atoms with Gasteiger partial charge in [0, 0.05) is 6.54 Å². The largest absolute Gasteiger partial charge is 0.351 e. The van der Waals surface area contributed by atoms with Gasteiger partial charge in [-0.05, 0) is 96.2 Å². The highest BCUT2D eigenvalue weighted by atomic mass is 79.9.